The molecule has 0 aliphatic heterocycles. The van der Waals surface area contributed by atoms with Crippen molar-refractivity contribution in [3.8, 4) is 0 Å². The van der Waals surface area contributed by atoms with Crippen molar-refractivity contribution in [2.75, 3.05) is 6.54 Å². The van der Waals surface area contributed by atoms with Crippen molar-refractivity contribution in [3.63, 3.8) is 0 Å². The fourth-order valence-corrected chi connectivity index (χ4v) is 2.34. The molecule has 0 aromatic carbocycles. The maximum absolute atomic E-state index is 4.44. The van der Waals surface area contributed by atoms with E-state index in [1.54, 1.807) is 6.33 Å². The molecule has 1 aromatic heterocycles. The van der Waals surface area contributed by atoms with Crippen LogP contribution in [0.2, 0.25) is 0 Å². The Bertz CT molecular complexity index is 391. The van der Waals surface area contributed by atoms with E-state index in [1.807, 2.05) is 0 Å². The molecular formula is C15H28N4. The van der Waals surface area contributed by atoms with Crippen molar-refractivity contribution < 1.29 is 0 Å². The topological polar surface area (TPSA) is 42.7 Å². The summed E-state index contributed by atoms with van der Waals surface area (Å²) >= 11 is 0. The van der Waals surface area contributed by atoms with E-state index in [1.165, 1.54) is 19.3 Å². The van der Waals surface area contributed by atoms with Crippen LogP contribution >= 0.6 is 0 Å². The van der Waals surface area contributed by atoms with Gasteiger partial charge in [-0.1, -0.05) is 27.7 Å². The fourth-order valence-electron chi connectivity index (χ4n) is 2.34. The van der Waals surface area contributed by atoms with Gasteiger partial charge in [-0.3, -0.25) is 0 Å². The van der Waals surface area contributed by atoms with Gasteiger partial charge in [0.05, 0.1) is 0 Å². The van der Waals surface area contributed by atoms with Gasteiger partial charge < -0.3 is 5.32 Å². The number of hydrogen-bond acceptors (Lipinski definition) is 3. The standard InChI is InChI=1S/C15H28N4/c1-12(2)10-19-14(17-11-18-19)9-15(3,4)7-8-16-13-5-6-13/h11-13,16H,5-10H2,1-4H3. The predicted molar refractivity (Wildman–Crippen MR) is 78.0 cm³/mol. The summed E-state index contributed by atoms with van der Waals surface area (Å²) in [4.78, 5) is 4.44. The molecule has 0 radical (unpaired) electrons. The number of nitrogens with one attached hydrogen (secondary N) is 1. The summed E-state index contributed by atoms with van der Waals surface area (Å²) in [6.07, 6.45) is 6.62. The van der Waals surface area contributed by atoms with Crippen molar-refractivity contribution in [1.29, 1.82) is 0 Å². The quantitative estimate of drug-likeness (QED) is 0.785. The monoisotopic (exact) mass is 264 g/mol. The molecule has 1 aliphatic rings. The SMILES string of the molecule is CC(C)Cn1ncnc1CC(C)(C)CCNC1CC1. The van der Waals surface area contributed by atoms with Gasteiger partial charge in [0.1, 0.15) is 12.2 Å². The van der Waals surface area contributed by atoms with Gasteiger partial charge in [0.25, 0.3) is 0 Å². The third-order valence-corrected chi connectivity index (χ3v) is 3.68. The van der Waals surface area contributed by atoms with Crippen molar-refractivity contribution in [3.05, 3.63) is 12.2 Å². The van der Waals surface area contributed by atoms with Gasteiger partial charge in [-0.05, 0) is 37.1 Å². The summed E-state index contributed by atoms with van der Waals surface area (Å²) in [5, 5.41) is 7.95. The first-order chi connectivity index (χ1) is 8.96. The summed E-state index contributed by atoms with van der Waals surface area (Å²) in [7, 11) is 0. The Morgan fingerprint density at radius 2 is 2.16 bits per heavy atom. The molecule has 1 saturated carbocycles. The Hall–Kier alpha value is -0.900. The zero-order chi connectivity index (χ0) is 13.9. The molecule has 1 heterocycles. The van der Waals surface area contributed by atoms with Crippen LogP contribution in [-0.4, -0.2) is 27.4 Å². The second-order valence-corrected chi connectivity index (χ2v) is 7.07. The van der Waals surface area contributed by atoms with E-state index < -0.39 is 0 Å². The van der Waals surface area contributed by atoms with Gasteiger partial charge >= 0.3 is 0 Å². The van der Waals surface area contributed by atoms with Crippen LogP contribution in [0.25, 0.3) is 0 Å². The Balaban J connectivity index is 1.84. The summed E-state index contributed by atoms with van der Waals surface area (Å²) in [5.41, 5.74) is 0.281. The molecule has 0 unspecified atom stereocenters. The second kappa shape index (κ2) is 6.04. The van der Waals surface area contributed by atoms with E-state index in [0.29, 0.717) is 5.92 Å². The molecule has 0 spiro atoms. The van der Waals surface area contributed by atoms with Crippen molar-refractivity contribution in [2.24, 2.45) is 11.3 Å². The molecule has 0 atom stereocenters. The van der Waals surface area contributed by atoms with E-state index in [0.717, 1.165) is 31.4 Å². The van der Waals surface area contributed by atoms with Crippen LogP contribution in [0, 0.1) is 11.3 Å². The van der Waals surface area contributed by atoms with Crippen LogP contribution < -0.4 is 5.32 Å². The highest BCUT2D eigenvalue weighted by Gasteiger charge is 2.24. The van der Waals surface area contributed by atoms with Crippen LogP contribution in [-0.2, 0) is 13.0 Å². The van der Waals surface area contributed by atoms with E-state index in [9.17, 15) is 0 Å². The molecule has 0 saturated heterocycles. The first-order valence-electron chi connectivity index (χ1n) is 7.56. The van der Waals surface area contributed by atoms with Gasteiger partial charge in [-0.25, -0.2) is 9.67 Å². The average Bonchev–Trinajstić information content (AvgIpc) is 3.01. The molecule has 0 amide bonds. The largest absolute Gasteiger partial charge is 0.314 e. The number of aromatic nitrogens is 3. The number of hydrogen-bond donors (Lipinski definition) is 1. The Labute approximate surface area is 117 Å². The van der Waals surface area contributed by atoms with Gasteiger partial charge in [0.15, 0.2) is 0 Å². The second-order valence-electron chi connectivity index (χ2n) is 7.07. The Morgan fingerprint density at radius 1 is 1.42 bits per heavy atom. The highest BCUT2D eigenvalue weighted by atomic mass is 15.3. The smallest absolute Gasteiger partial charge is 0.138 e. The number of nitrogens with zero attached hydrogens (tertiary/aromatic N) is 3. The lowest BCUT2D eigenvalue weighted by atomic mass is 9.85. The molecule has 4 nitrogen and oxygen atoms in total. The number of rotatable bonds is 8. The highest BCUT2D eigenvalue weighted by Crippen LogP contribution is 2.26. The molecule has 1 N–H and O–H groups in total. The molecule has 4 heteroatoms. The zero-order valence-electron chi connectivity index (χ0n) is 12.8. The minimum absolute atomic E-state index is 0.281. The zero-order valence-corrected chi connectivity index (χ0v) is 12.8. The lowest BCUT2D eigenvalue weighted by Crippen LogP contribution is -2.26. The van der Waals surface area contributed by atoms with Crippen LogP contribution in [0.1, 0.15) is 52.8 Å². The van der Waals surface area contributed by atoms with E-state index >= 15 is 0 Å². The highest BCUT2D eigenvalue weighted by molar-refractivity contribution is 4.92. The summed E-state index contributed by atoms with van der Waals surface area (Å²) in [6, 6.07) is 0.806. The molecule has 1 aliphatic carbocycles. The minimum Gasteiger partial charge on any atom is -0.314 e. The van der Waals surface area contributed by atoms with Crippen LogP contribution in [0.3, 0.4) is 0 Å². The molecular weight excluding hydrogens is 236 g/mol. The van der Waals surface area contributed by atoms with Crippen LogP contribution in [0.15, 0.2) is 6.33 Å². The molecule has 1 fully saturated rings. The van der Waals surface area contributed by atoms with Gasteiger partial charge in [-0.2, -0.15) is 5.10 Å². The molecule has 1 aromatic rings. The lowest BCUT2D eigenvalue weighted by molar-refractivity contribution is 0.308. The molecule has 108 valence electrons. The molecule has 0 bridgehead atoms. The molecule has 2 rings (SSSR count). The third kappa shape index (κ3) is 4.94. The van der Waals surface area contributed by atoms with E-state index in [-0.39, 0.29) is 5.41 Å². The van der Waals surface area contributed by atoms with E-state index in [2.05, 4.69) is 47.8 Å². The normalized spacial score (nSPS) is 16.3. The van der Waals surface area contributed by atoms with Gasteiger partial charge in [-0.15, -0.1) is 0 Å². The predicted octanol–water partition coefficient (Wildman–Crippen LogP) is 2.64. The Kier molecular flexibility index (Phi) is 4.61. The van der Waals surface area contributed by atoms with E-state index in [4.69, 9.17) is 0 Å². The average molecular weight is 264 g/mol. The fraction of sp³-hybridized carbons (Fsp3) is 0.867. The minimum atomic E-state index is 0.281. The van der Waals surface area contributed by atoms with Crippen molar-refractivity contribution in [2.45, 2.75) is 66.0 Å². The maximum atomic E-state index is 4.44. The lowest BCUT2D eigenvalue weighted by Gasteiger charge is -2.24. The van der Waals surface area contributed by atoms with Crippen molar-refractivity contribution >= 4 is 0 Å². The first-order valence-corrected chi connectivity index (χ1v) is 7.56. The van der Waals surface area contributed by atoms with Gasteiger partial charge in [0, 0.05) is 19.0 Å². The summed E-state index contributed by atoms with van der Waals surface area (Å²) < 4.78 is 2.07. The van der Waals surface area contributed by atoms with Crippen molar-refractivity contribution in [1.82, 2.24) is 20.1 Å². The summed E-state index contributed by atoms with van der Waals surface area (Å²) in [6.45, 7) is 11.2. The Morgan fingerprint density at radius 3 is 2.79 bits per heavy atom. The summed E-state index contributed by atoms with van der Waals surface area (Å²) in [5.74, 6) is 1.74. The first kappa shape index (κ1) is 14.5. The third-order valence-electron chi connectivity index (χ3n) is 3.68. The van der Waals surface area contributed by atoms with Gasteiger partial charge in [0.2, 0.25) is 0 Å². The van der Waals surface area contributed by atoms with Crippen LogP contribution in [0.4, 0.5) is 0 Å². The van der Waals surface area contributed by atoms with Crippen LogP contribution in [0.5, 0.6) is 0 Å². The maximum Gasteiger partial charge on any atom is 0.138 e. The molecule has 19 heavy (non-hydrogen) atoms.